The quantitative estimate of drug-likeness (QED) is 0.524. The van der Waals surface area contributed by atoms with Crippen molar-refractivity contribution in [3.05, 3.63) is 35.9 Å². The van der Waals surface area contributed by atoms with Gasteiger partial charge in [0, 0.05) is 12.3 Å². The Labute approximate surface area is 186 Å². The number of quaternary nitrogens is 1. The molecule has 3 aliphatic rings. The van der Waals surface area contributed by atoms with Gasteiger partial charge in [-0.25, -0.2) is 4.79 Å². The van der Waals surface area contributed by atoms with Crippen molar-refractivity contribution in [1.82, 2.24) is 0 Å². The molecule has 1 aromatic carbocycles. The van der Waals surface area contributed by atoms with Crippen molar-refractivity contribution in [2.75, 3.05) is 20.1 Å². The minimum Gasteiger partial charge on any atom is -1.00 e. The van der Waals surface area contributed by atoms with Crippen LogP contribution in [0, 0.1) is 5.92 Å². The zero-order valence-corrected chi connectivity index (χ0v) is 19.3. The van der Waals surface area contributed by atoms with E-state index in [1.165, 1.54) is 32.1 Å². The fourth-order valence-electron chi connectivity index (χ4n) is 6.02. The highest BCUT2D eigenvalue weighted by Gasteiger charge is 2.50. The fourth-order valence-corrected chi connectivity index (χ4v) is 6.02. The van der Waals surface area contributed by atoms with Crippen molar-refractivity contribution in [1.29, 1.82) is 0 Å². The molecule has 1 aliphatic heterocycles. The van der Waals surface area contributed by atoms with E-state index in [2.05, 4.69) is 7.05 Å². The number of esters is 1. The zero-order chi connectivity index (χ0) is 19.6. The number of nitrogens with zero attached hydrogens (tertiary/aromatic N) is 1. The van der Waals surface area contributed by atoms with Crippen LogP contribution in [0.25, 0.3) is 0 Å². The summed E-state index contributed by atoms with van der Waals surface area (Å²) in [5.41, 5.74) is -0.816. The summed E-state index contributed by atoms with van der Waals surface area (Å²) < 4.78 is 7.06. The first-order valence-electron chi connectivity index (χ1n) is 11.4. The van der Waals surface area contributed by atoms with Gasteiger partial charge in [-0.3, -0.25) is 0 Å². The van der Waals surface area contributed by atoms with Gasteiger partial charge >= 0.3 is 5.97 Å². The smallest absolute Gasteiger partial charge is 0.343 e. The van der Waals surface area contributed by atoms with E-state index < -0.39 is 11.6 Å². The maximum absolute atomic E-state index is 13.3. The Morgan fingerprint density at radius 3 is 2.28 bits per heavy atom. The second-order valence-electron chi connectivity index (χ2n) is 9.61. The number of likely N-dealkylation sites (tertiary alicyclic amines) is 1. The molecule has 1 N–H and O–H groups in total. The molecule has 5 heteroatoms. The van der Waals surface area contributed by atoms with Gasteiger partial charge < -0.3 is 31.3 Å². The van der Waals surface area contributed by atoms with E-state index in [0.717, 1.165) is 49.7 Å². The number of carbonyl (C=O) groups excluding carboxylic acids is 1. The third kappa shape index (κ3) is 4.57. The molecule has 1 aromatic rings. The van der Waals surface area contributed by atoms with Crippen LogP contribution in [0.5, 0.6) is 0 Å². The lowest BCUT2D eigenvalue weighted by Crippen LogP contribution is -3.00. The van der Waals surface area contributed by atoms with Gasteiger partial charge in [-0.15, -0.1) is 0 Å². The number of ether oxygens (including phenoxy) is 1. The van der Waals surface area contributed by atoms with E-state index in [1.807, 2.05) is 30.3 Å². The van der Waals surface area contributed by atoms with Crippen molar-refractivity contribution in [3.8, 4) is 0 Å². The standard InChI is InChI=1S/C24H36NO3.BrH/c1-25(21-14-6-3-7-15-21)17-16-22(18-25)28-23(26)24(27,20-12-8-9-13-20)19-10-4-2-5-11-19;/h2,4-5,10-11,20-22,27H,3,6-9,12-18H2,1H3;1H/q+1;/p-1. The molecule has 4 rings (SSSR count). The molecule has 0 bridgehead atoms. The maximum atomic E-state index is 13.3. The molecule has 2 aliphatic carbocycles. The zero-order valence-electron chi connectivity index (χ0n) is 17.7. The second-order valence-corrected chi connectivity index (χ2v) is 9.61. The monoisotopic (exact) mass is 465 g/mol. The van der Waals surface area contributed by atoms with E-state index in [4.69, 9.17) is 4.74 Å². The van der Waals surface area contributed by atoms with E-state index in [1.54, 1.807) is 0 Å². The molecule has 0 amide bonds. The molecule has 1 heterocycles. The van der Waals surface area contributed by atoms with E-state index >= 15 is 0 Å². The molecule has 162 valence electrons. The number of aliphatic hydroxyl groups is 1. The average molecular weight is 466 g/mol. The summed E-state index contributed by atoms with van der Waals surface area (Å²) in [4.78, 5) is 13.3. The van der Waals surface area contributed by atoms with Crippen LogP contribution in [0.2, 0.25) is 0 Å². The van der Waals surface area contributed by atoms with Crippen LogP contribution < -0.4 is 17.0 Å². The van der Waals surface area contributed by atoms with Crippen molar-refractivity contribution in [2.45, 2.75) is 82.0 Å². The van der Waals surface area contributed by atoms with E-state index in [-0.39, 0.29) is 29.0 Å². The summed E-state index contributed by atoms with van der Waals surface area (Å²) in [6, 6.07) is 10.2. The van der Waals surface area contributed by atoms with Crippen LogP contribution in [-0.2, 0) is 15.1 Å². The molecule has 1 saturated heterocycles. The number of carbonyl (C=O) groups is 1. The molecule has 3 unspecified atom stereocenters. The fraction of sp³-hybridized carbons (Fsp3) is 0.708. The summed E-state index contributed by atoms with van der Waals surface area (Å²) in [6.45, 7) is 1.97. The Hall–Kier alpha value is -0.910. The molecule has 4 nitrogen and oxygen atoms in total. The minimum absolute atomic E-state index is 0. The van der Waals surface area contributed by atoms with Crippen LogP contribution in [0.4, 0.5) is 0 Å². The number of hydrogen-bond donors (Lipinski definition) is 1. The first-order chi connectivity index (χ1) is 13.5. The highest BCUT2D eigenvalue weighted by Crippen LogP contribution is 2.42. The third-order valence-corrected chi connectivity index (χ3v) is 7.78. The second kappa shape index (κ2) is 9.49. The summed E-state index contributed by atoms with van der Waals surface area (Å²) in [6.07, 6.45) is 11.4. The Kier molecular flexibility index (Phi) is 7.45. The van der Waals surface area contributed by atoms with Crippen molar-refractivity contribution >= 4 is 5.97 Å². The van der Waals surface area contributed by atoms with E-state index in [9.17, 15) is 9.90 Å². The van der Waals surface area contributed by atoms with Crippen molar-refractivity contribution in [3.63, 3.8) is 0 Å². The summed E-state index contributed by atoms with van der Waals surface area (Å²) in [5, 5.41) is 11.6. The number of halogens is 1. The van der Waals surface area contributed by atoms with Gasteiger partial charge in [0.15, 0.2) is 11.7 Å². The molecule has 3 fully saturated rings. The van der Waals surface area contributed by atoms with Gasteiger partial charge in [-0.2, -0.15) is 0 Å². The molecule has 3 atom stereocenters. The van der Waals surface area contributed by atoms with Gasteiger partial charge in [0.25, 0.3) is 0 Å². The topological polar surface area (TPSA) is 46.5 Å². The molecular formula is C24H36BrNO3. The Balaban J connectivity index is 0.00000240. The first-order valence-corrected chi connectivity index (χ1v) is 11.4. The summed E-state index contributed by atoms with van der Waals surface area (Å²) in [7, 11) is 2.34. The highest BCUT2D eigenvalue weighted by molar-refractivity contribution is 5.81. The maximum Gasteiger partial charge on any atom is 0.343 e. The van der Waals surface area contributed by atoms with Gasteiger partial charge in [-0.1, -0.05) is 49.6 Å². The molecular weight excluding hydrogens is 430 g/mol. The minimum atomic E-state index is -1.51. The average Bonchev–Trinajstić information content (AvgIpc) is 3.40. The lowest BCUT2D eigenvalue weighted by atomic mass is 9.80. The highest BCUT2D eigenvalue weighted by atomic mass is 79.9. The van der Waals surface area contributed by atoms with Crippen molar-refractivity contribution in [2.24, 2.45) is 5.92 Å². The molecule has 29 heavy (non-hydrogen) atoms. The van der Waals surface area contributed by atoms with Gasteiger partial charge in [0.2, 0.25) is 0 Å². The lowest BCUT2D eigenvalue weighted by molar-refractivity contribution is -0.924. The molecule has 0 aromatic heterocycles. The van der Waals surface area contributed by atoms with Gasteiger partial charge in [0.1, 0.15) is 6.54 Å². The van der Waals surface area contributed by atoms with Crippen molar-refractivity contribution < 1.29 is 36.1 Å². The van der Waals surface area contributed by atoms with Crippen LogP contribution in [-0.4, -0.2) is 47.8 Å². The number of rotatable bonds is 5. The Morgan fingerprint density at radius 2 is 1.62 bits per heavy atom. The molecule has 2 saturated carbocycles. The summed E-state index contributed by atoms with van der Waals surface area (Å²) >= 11 is 0. The Bertz CT molecular complexity index is 672. The molecule has 0 radical (unpaired) electrons. The van der Waals surface area contributed by atoms with Gasteiger partial charge in [0.05, 0.1) is 19.6 Å². The predicted octanol–water partition coefficient (Wildman–Crippen LogP) is 1.16. The summed E-state index contributed by atoms with van der Waals surface area (Å²) in [5.74, 6) is -0.462. The molecule has 0 spiro atoms. The normalized spacial score (nSPS) is 30.5. The number of hydrogen-bond acceptors (Lipinski definition) is 3. The lowest BCUT2D eigenvalue weighted by Gasteiger charge is -2.40. The van der Waals surface area contributed by atoms with Gasteiger partial charge in [-0.05, 0) is 44.1 Å². The number of benzene rings is 1. The van der Waals surface area contributed by atoms with Crippen LogP contribution in [0.15, 0.2) is 30.3 Å². The largest absolute Gasteiger partial charge is 1.00 e. The first kappa shape index (κ1) is 22.8. The van der Waals surface area contributed by atoms with E-state index in [0.29, 0.717) is 11.6 Å². The SMILES string of the molecule is C[N+]1(C2CCCCC2)CCC(OC(=O)C(O)(c2ccccc2)C2CCCC2)C1.[Br-]. The predicted molar refractivity (Wildman–Crippen MR) is 110 cm³/mol. The van der Waals surface area contributed by atoms with Crippen LogP contribution >= 0.6 is 0 Å². The Morgan fingerprint density at radius 1 is 1.00 bits per heavy atom. The van der Waals surface area contributed by atoms with Crippen LogP contribution in [0.1, 0.15) is 69.8 Å². The van der Waals surface area contributed by atoms with Crippen LogP contribution in [0.3, 0.4) is 0 Å². The number of likely N-dealkylation sites (N-methyl/N-ethyl adjacent to an activating group) is 1. The third-order valence-electron chi connectivity index (χ3n) is 7.78.